The second-order valence-corrected chi connectivity index (χ2v) is 11.6. The smallest absolute Gasteiger partial charge is 0.257 e. The van der Waals surface area contributed by atoms with E-state index in [1.807, 2.05) is 49.7 Å². The zero-order chi connectivity index (χ0) is 25.3. The predicted octanol–water partition coefficient (Wildman–Crippen LogP) is 5.59. The van der Waals surface area contributed by atoms with E-state index in [0.29, 0.717) is 31.0 Å². The van der Waals surface area contributed by atoms with Crippen LogP contribution in [-0.2, 0) is 16.6 Å². The molecule has 0 saturated carbocycles. The minimum absolute atomic E-state index is 0.00426. The van der Waals surface area contributed by atoms with Gasteiger partial charge in [-0.25, -0.2) is 8.42 Å². The van der Waals surface area contributed by atoms with E-state index in [-0.39, 0.29) is 20.5 Å². The van der Waals surface area contributed by atoms with E-state index in [1.165, 1.54) is 22.0 Å². The topological polar surface area (TPSA) is 84.3 Å². The van der Waals surface area contributed by atoms with E-state index >= 15 is 0 Å². The molecule has 0 atom stereocenters. The molecular formula is C25H28Cl2N4O3S. The Hall–Kier alpha value is -2.39. The van der Waals surface area contributed by atoms with Crippen molar-refractivity contribution in [1.82, 2.24) is 14.1 Å². The summed E-state index contributed by atoms with van der Waals surface area (Å²) in [5, 5.41) is 7.52. The molecule has 1 aromatic heterocycles. The van der Waals surface area contributed by atoms with Crippen molar-refractivity contribution in [3.8, 4) is 0 Å². The number of carbonyl (C=O) groups is 1. The highest BCUT2D eigenvalue weighted by atomic mass is 35.5. The lowest BCUT2D eigenvalue weighted by Crippen LogP contribution is -2.35. The van der Waals surface area contributed by atoms with Gasteiger partial charge in [-0.05, 0) is 51.3 Å². The van der Waals surface area contributed by atoms with Gasteiger partial charge in [-0.1, -0.05) is 59.5 Å². The number of rotatable bonds is 6. The van der Waals surface area contributed by atoms with Gasteiger partial charge in [-0.2, -0.15) is 9.40 Å². The Morgan fingerprint density at radius 2 is 1.66 bits per heavy atom. The standard InChI is InChI=1S/C25H28Cl2N4O3S/c1-16-7-9-19(10-8-16)15-31-18(3)24(17(2)29-31)28-25(32)20-13-23(22(27)14-21(20)26)35(33,34)30-11-5-4-6-12-30/h7-10,13-14H,4-6,11-12,15H2,1-3H3,(H,28,32). The quantitative estimate of drug-likeness (QED) is 0.446. The monoisotopic (exact) mass is 534 g/mol. The van der Waals surface area contributed by atoms with Crippen LogP contribution in [0.3, 0.4) is 0 Å². The molecular weight excluding hydrogens is 507 g/mol. The highest BCUT2D eigenvalue weighted by Crippen LogP contribution is 2.32. The molecule has 4 rings (SSSR count). The van der Waals surface area contributed by atoms with Crippen LogP contribution in [0.2, 0.25) is 10.0 Å². The van der Waals surface area contributed by atoms with Gasteiger partial charge in [0.15, 0.2) is 0 Å². The number of piperidine rings is 1. The third-order valence-electron chi connectivity index (χ3n) is 6.27. The number of nitrogens with one attached hydrogen (secondary N) is 1. The lowest BCUT2D eigenvalue weighted by Gasteiger charge is -2.26. The van der Waals surface area contributed by atoms with Crippen molar-refractivity contribution in [2.75, 3.05) is 18.4 Å². The first kappa shape index (κ1) is 25.7. The summed E-state index contributed by atoms with van der Waals surface area (Å²) in [4.78, 5) is 13.1. The summed E-state index contributed by atoms with van der Waals surface area (Å²) >= 11 is 12.6. The minimum Gasteiger partial charge on any atom is -0.319 e. The van der Waals surface area contributed by atoms with Crippen LogP contribution in [0.1, 0.15) is 52.1 Å². The van der Waals surface area contributed by atoms with E-state index in [4.69, 9.17) is 23.2 Å². The number of aryl methyl sites for hydroxylation is 2. The fourth-order valence-corrected chi connectivity index (χ4v) is 6.57. The molecule has 7 nitrogen and oxygen atoms in total. The van der Waals surface area contributed by atoms with Gasteiger partial charge in [0.1, 0.15) is 4.90 Å². The van der Waals surface area contributed by atoms with Gasteiger partial charge in [0, 0.05) is 13.1 Å². The van der Waals surface area contributed by atoms with Crippen LogP contribution in [0.25, 0.3) is 0 Å². The van der Waals surface area contributed by atoms with Gasteiger partial charge < -0.3 is 5.32 Å². The second kappa shape index (κ2) is 10.3. The zero-order valence-corrected chi connectivity index (χ0v) is 22.3. The Kier molecular flexibility index (Phi) is 7.57. The van der Waals surface area contributed by atoms with Gasteiger partial charge in [-0.3, -0.25) is 9.48 Å². The summed E-state index contributed by atoms with van der Waals surface area (Å²) in [5.74, 6) is -0.525. The summed E-state index contributed by atoms with van der Waals surface area (Å²) in [6, 6.07) is 10.8. The molecule has 0 spiro atoms. The number of hydrogen-bond acceptors (Lipinski definition) is 4. The van der Waals surface area contributed by atoms with Crippen LogP contribution in [0, 0.1) is 20.8 Å². The van der Waals surface area contributed by atoms with E-state index in [0.717, 1.165) is 30.5 Å². The number of benzene rings is 2. The Morgan fingerprint density at radius 1 is 1.00 bits per heavy atom. The van der Waals surface area contributed by atoms with Crippen LogP contribution in [-0.4, -0.2) is 41.5 Å². The molecule has 0 bridgehead atoms. The molecule has 3 aromatic rings. The highest BCUT2D eigenvalue weighted by Gasteiger charge is 2.30. The molecule has 10 heteroatoms. The molecule has 2 heterocycles. The molecule has 1 saturated heterocycles. The van der Waals surface area contributed by atoms with E-state index in [1.54, 1.807) is 0 Å². The van der Waals surface area contributed by atoms with Crippen molar-refractivity contribution in [3.63, 3.8) is 0 Å². The highest BCUT2D eigenvalue weighted by molar-refractivity contribution is 7.89. The summed E-state index contributed by atoms with van der Waals surface area (Å²) in [7, 11) is -3.84. The number of anilines is 1. The van der Waals surface area contributed by atoms with Gasteiger partial charge in [0.25, 0.3) is 5.91 Å². The number of aromatic nitrogens is 2. The minimum atomic E-state index is -3.84. The Labute approximate surface area is 216 Å². The molecule has 35 heavy (non-hydrogen) atoms. The van der Waals surface area contributed by atoms with Crippen molar-refractivity contribution < 1.29 is 13.2 Å². The van der Waals surface area contributed by atoms with Gasteiger partial charge in [0.05, 0.1) is 39.2 Å². The molecule has 0 radical (unpaired) electrons. The van der Waals surface area contributed by atoms with Crippen molar-refractivity contribution in [1.29, 1.82) is 0 Å². The van der Waals surface area contributed by atoms with Gasteiger partial charge in [-0.15, -0.1) is 0 Å². The van der Waals surface area contributed by atoms with E-state index < -0.39 is 15.9 Å². The fourth-order valence-electron chi connectivity index (χ4n) is 4.22. The van der Waals surface area contributed by atoms with Crippen LogP contribution in [0.15, 0.2) is 41.3 Å². The lowest BCUT2D eigenvalue weighted by atomic mass is 10.1. The van der Waals surface area contributed by atoms with Crippen molar-refractivity contribution in [2.24, 2.45) is 0 Å². The number of hydrogen-bond donors (Lipinski definition) is 1. The van der Waals surface area contributed by atoms with Gasteiger partial charge >= 0.3 is 0 Å². The van der Waals surface area contributed by atoms with Crippen molar-refractivity contribution in [2.45, 2.75) is 51.5 Å². The SMILES string of the molecule is Cc1ccc(Cn2nc(C)c(NC(=O)c3cc(S(=O)(=O)N4CCCCC4)c(Cl)cc3Cl)c2C)cc1. The fraction of sp³-hybridized carbons (Fsp3) is 0.360. The van der Waals surface area contributed by atoms with Crippen molar-refractivity contribution in [3.05, 3.63) is 74.5 Å². The first-order valence-corrected chi connectivity index (χ1v) is 13.7. The van der Waals surface area contributed by atoms with Gasteiger partial charge in [0.2, 0.25) is 10.0 Å². The maximum Gasteiger partial charge on any atom is 0.257 e. The van der Waals surface area contributed by atoms with Crippen LogP contribution >= 0.6 is 23.2 Å². The molecule has 186 valence electrons. The summed E-state index contributed by atoms with van der Waals surface area (Å²) in [6.45, 7) is 7.14. The summed E-state index contributed by atoms with van der Waals surface area (Å²) in [6.07, 6.45) is 2.58. The average Bonchev–Trinajstić information content (AvgIpc) is 3.08. The molecule has 1 N–H and O–H groups in total. The largest absolute Gasteiger partial charge is 0.319 e. The third kappa shape index (κ3) is 5.40. The van der Waals surface area contributed by atoms with E-state index in [9.17, 15) is 13.2 Å². The Morgan fingerprint density at radius 3 is 2.31 bits per heavy atom. The maximum atomic E-state index is 13.2. The third-order valence-corrected chi connectivity index (χ3v) is 8.95. The second-order valence-electron chi connectivity index (χ2n) is 8.87. The van der Waals surface area contributed by atoms with Crippen LogP contribution in [0.5, 0.6) is 0 Å². The molecule has 1 aliphatic rings. The zero-order valence-electron chi connectivity index (χ0n) is 19.9. The molecule has 0 aliphatic carbocycles. The first-order chi connectivity index (χ1) is 16.6. The molecule has 0 unspecified atom stereocenters. The lowest BCUT2D eigenvalue weighted by molar-refractivity contribution is 0.102. The molecule has 1 fully saturated rings. The normalized spacial score (nSPS) is 14.8. The van der Waals surface area contributed by atoms with E-state index in [2.05, 4.69) is 10.4 Å². The predicted molar refractivity (Wildman–Crippen MR) is 139 cm³/mol. The Balaban J connectivity index is 1.61. The first-order valence-electron chi connectivity index (χ1n) is 11.5. The Bertz CT molecular complexity index is 1360. The summed E-state index contributed by atoms with van der Waals surface area (Å²) in [5.41, 5.74) is 4.30. The van der Waals surface area contributed by atoms with Crippen LogP contribution < -0.4 is 5.32 Å². The number of sulfonamides is 1. The number of amides is 1. The summed E-state index contributed by atoms with van der Waals surface area (Å²) < 4.78 is 29.7. The van der Waals surface area contributed by atoms with Crippen molar-refractivity contribution >= 4 is 44.8 Å². The number of carbonyl (C=O) groups excluding carboxylic acids is 1. The molecule has 2 aromatic carbocycles. The number of nitrogens with zero attached hydrogens (tertiary/aromatic N) is 3. The van der Waals surface area contributed by atoms with Crippen LogP contribution in [0.4, 0.5) is 5.69 Å². The molecule has 1 aliphatic heterocycles. The maximum absolute atomic E-state index is 13.2. The number of halogens is 2. The average molecular weight is 535 g/mol. The molecule has 1 amide bonds.